The van der Waals surface area contributed by atoms with E-state index < -0.39 is 0 Å². The lowest BCUT2D eigenvalue weighted by molar-refractivity contribution is 0.371. The van der Waals surface area contributed by atoms with Gasteiger partial charge in [0.25, 0.3) is 0 Å². The summed E-state index contributed by atoms with van der Waals surface area (Å²) < 4.78 is 0. The van der Waals surface area contributed by atoms with Gasteiger partial charge in [0.15, 0.2) is 5.96 Å². The van der Waals surface area contributed by atoms with Crippen molar-refractivity contribution in [2.75, 3.05) is 13.1 Å². The van der Waals surface area contributed by atoms with Gasteiger partial charge in [-0.2, -0.15) is 0 Å². The molecule has 2 aromatic rings. The van der Waals surface area contributed by atoms with Gasteiger partial charge in [0, 0.05) is 38.6 Å². The summed E-state index contributed by atoms with van der Waals surface area (Å²) >= 11 is 11.6. The van der Waals surface area contributed by atoms with Crippen LogP contribution in [0.1, 0.15) is 17.5 Å². The molecule has 0 spiro atoms. The molecule has 0 amide bonds. The van der Waals surface area contributed by atoms with Gasteiger partial charge in [-0.25, -0.2) is 9.97 Å². The van der Waals surface area contributed by atoms with E-state index in [0.29, 0.717) is 16.9 Å². The van der Waals surface area contributed by atoms with Crippen LogP contribution in [-0.2, 0) is 13.1 Å². The summed E-state index contributed by atoms with van der Waals surface area (Å²) in [6, 6.07) is 7.55. The highest BCUT2D eigenvalue weighted by atomic mass is 35.5. The zero-order chi connectivity index (χ0) is 16.1. The Bertz CT molecular complexity index is 670. The average molecular weight is 350 g/mol. The molecule has 0 saturated carbocycles. The number of aliphatic imine (C=N–C) groups is 1. The van der Waals surface area contributed by atoms with Gasteiger partial charge in [-0.3, -0.25) is 4.99 Å². The largest absolute Gasteiger partial charge is 0.352 e. The number of nitrogens with zero attached hydrogens (tertiary/aromatic N) is 4. The molecule has 0 fully saturated rings. The molecule has 120 valence electrons. The minimum Gasteiger partial charge on any atom is -0.352 e. The van der Waals surface area contributed by atoms with Crippen LogP contribution in [0.5, 0.6) is 0 Å². The van der Waals surface area contributed by atoms with Crippen molar-refractivity contribution in [3.8, 4) is 0 Å². The van der Waals surface area contributed by atoms with E-state index in [0.717, 1.165) is 43.1 Å². The number of halogens is 2. The standard InChI is InChI=1S/C16H17Cl2N5/c17-14-4-2-12(8-20-14)9-22-16-19-6-1-7-23(16)11-13-3-5-15(18)21-10-13/h2-5,8,10H,1,6-7,9,11H2,(H,19,22). The first kappa shape index (κ1) is 16.0. The summed E-state index contributed by atoms with van der Waals surface area (Å²) in [5, 5.41) is 4.39. The first-order chi connectivity index (χ1) is 11.2. The van der Waals surface area contributed by atoms with Crippen LogP contribution >= 0.6 is 23.2 Å². The molecule has 7 heteroatoms. The second kappa shape index (κ2) is 7.62. The predicted molar refractivity (Wildman–Crippen MR) is 92.7 cm³/mol. The first-order valence-corrected chi connectivity index (χ1v) is 8.20. The van der Waals surface area contributed by atoms with Crippen molar-refractivity contribution < 1.29 is 0 Å². The summed E-state index contributed by atoms with van der Waals surface area (Å²) in [4.78, 5) is 15.0. The fraction of sp³-hybridized carbons (Fsp3) is 0.312. The molecule has 0 unspecified atom stereocenters. The zero-order valence-corrected chi connectivity index (χ0v) is 14.1. The van der Waals surface area contributed by atoms with Crippen LogP contribution in [0, 0.1) is 0 Å². The maximum absolute atomic E-state index is 5.84. The fourth-order valence-electron chi connectivity index (χ4n) is 2.39. The Morgan fingerprint density at radius 2 is 1.70 bits per heavy atom. The van der Waals surface area contributed by atoms with E-state index in [1.807, 2.05) is 18.2 Å². The van der Waals surface area contributed by atoms with Crippen LogP contribution < -0.4 is 5.32 Å². The maximum Gasteiger partial charge on any atom is 0.194 e. The third-order valence-corrected chi connectivity index (χ3v) is 4.00. The second-order valence-corrected chi connectivity index (χ2v) is 6.09. The van der Waals surface area contributed by atoms with Crippen molar-refractivity contribution in [3.05, 3.63) is 58.1 Å². The number of aromatic nitrogens is 2. The van der Waals surface area contributed by atoms with Crippen LogP contribution in [0.15, 0.2) is 41.7 Å². The van der Waals surface area contributed by atoms with Gasteiger partial charge < -0.3 is 10.2 Å². The molecule has 0 radical (unpaired) electrons. The van der Waals surface area contributed by atoms with Crippen LogP contribution in [0.4, 0.5) is 0 Å². The van der Waals surface area contributed by atoms with E-state index in [-0.39, 0.29) is 0 Å². The Balaban J connectivity index is 1.63. The Labute approximate surface area is 145 Å². The summed E-state index contributed by atoms with van der Waals surface area (Å²) in [6.07, 6.45) is 4.62. The van der Waals surface area contributed by atoms with E-state index in [4.69, 9.17) is 23.2 Å². The summed E-state index contributed by atoms with van der Waals surface area (Å²) in [7, 11) is 0. The molecule has 0 saturated heterocycles. The van der Waals surface area contributed by atoms with E-state index in [1.165, 1.54) is 0 Å². The smallest absolute Gasteiger partial charge is 0.194 e. The minimum absolute atomic E-state index is 0.501. The second-order valence-electron chi connectivity index (χ2n) is 5.31. The van der Waals surface area contributed by atoms with Crippen molar-refractivity contribution in [1.82, 2.24) is 20.2 Å². The molecule has 0 bridgehead atoms. The summed E-state index contributed by atoms with van der Waals surface area (Å²) in [5.74, 6) is 0.904. The van der Waals surface area contributed by atoms with E-state index in [1.54, 1.807) is 18.5 Å². The summed E-state index contributed by atoms with van der Waals surface area (Å²) in [6.45, 7) is 3.23. The van der Waals surface area contributed by atoms with Crippen molar-refractivity contribution in [2.24, 2.45) is 4.99 Å². The molecule has 1 aliphatic rings. The molecular weight excluding hydrogens is 333 g/mol. The lowest BCUT2D eigenvalue weighted by Gasteiger charge is -2.29. The highest BCUT2D eigenvalue weighted by Crippen LogP contribution is 2.11. The van der Waals surface area contributed by atoms with Gasteiger partial charge in [0.1, 0.15) is 10.3 Å². The number of pyridine rings is 2. The topological polar surface area (TPSA) is 53.4 Å². The highest BCUT2D eigenvalue weighted by Gasteiger charge is 2.15. The van der Waals surface area contributed by atoms with Crippen LogP contribution in [0.25, 0.3) is 0 Å². The summed E-state index contributed by atoms with van der Waals surface area (Å²) in [5.41, 5.74) is 2.18. The highest BCUT2D eigenvalue weighted by molar-refractivity contribution is 6.29. The van der Waals surface area contributed by atoms with Crippen molar-refractivity contribution in [2.45, 2.75) is 19.5 Å². The molecule has 3 heterocycles. The number of hydrogen-bond donors (Lipinski definition) is 1. The Kier molecular flexibility index (Phi) is 5.31. The van der Waals surface area contributed by atoms with Gasteiger partial charge >= 0.3 is 0 Å². The predicted octanol–water partition coefficient (Wildman–Crippen LogP) is 3.13. The van der Waals surface area contributed by atoms with Gasteiger partial charge in [-0.15, -0.1) is 0 Å². The fourth-order valence-corrected chi connectivity index (χ4v) is 2.61. The van der Waals surface area contributed by atoms with Gasteiger partial charge in [-0.05, 0) is 29.7 Å². The molecular formula is C16H17Cl2N5. The monoisotopic (exact) mass is 349 g/mol. The zero-order valence-electron chi connectivity index (χ0n) is 12.5. The van der Waals surface area contributed by atoms with Crippen molar-refractivity contribution >= 4 is 29.2 Å². The Morgan fingerprint density at radius 3 is 2.35 bits per heavy atom. The number of nitrogens with one attached hydrogen (secondary N) is 1. The van der Waals surface area contributed by atoms with E-state index in [2.05, 4.69) is 25.2 Å². The maximum atomic E-state index is 5.84. The van der Waals surface area contributed by atoms with Crippen LogP contribution in [0.3, 0.4) is 0 Å². The molecule has 0 aromatic carbocycles. The SMILES string of the molecule is Clc1ccc(CNC2=NCCCN2Cc2ccc(Cl)nc2)cn1. The first-order valence-electron chi connectivity index (χ1n) is 7.45. The quantitative estimate of drug-likeness (QED) is 0.861. The molecule has 1 aliphatic heterocycles. The lowest BCUT2D eigenvalue weighted by atomic mass is 10.2. The normalized spacial score (nSPS) is 14.5. The van der Waals surface area contributed by atoms with Crippen molar-refractivity contribution in [1.29, 1.82) is 0 Å². The van der Waals surface area contributed by atoms with Crippen LogP contribution in [0.2, 0.25) is 10.3 Å². The number of rotatable bonds is 4. The third kappa shape index (κ3) is 4.56. The number of guanidine groups is 1. The molecule has 0 atom stereocenters. The van der Waals surface area contributed by atoms with E-state index in [9.17, 15) is 0 Å². The van der Waals surface area contributed by atoms with E-state index >= 15 is 0 Å². The average Bonchev–Trinajstić information content (AvgIpc) is 2.58. The molecule has 5 nitrogen and oxygen atoms in total. The number of hydrogen-bond acceptors (Lipinski definition) is 5. The molecule has 0 aliphatic carbocycles. The molecule has 3 rings (SSSR count). The van der Waals surface area contributed by atoms with Gasteiger partial charge in [0.2, 0.25) is 0 Å². The molecule has 23 heavy (non-hydrogen) atoms. The molecule has 2 aromatic heterocycles. The van der Waals surface area contributed by atoms with Gasteiger partial charge in [0.05, 0.1) is 0 Å². The minimum atomic E-state index is 0.501. The Hall–Kier alpha value is -1.85. The van der Waals surface area contributed by atoms with Gasteiger partial charge in [-0.1, -0.05) is 35.3 Å². The van der Waals surface area contributed by atoms with Crippen LogP contribution in [-0.4, -0.2) is 33.9 Å². The molecule has 1 N–H and O–H groups in total. The lowest BCUT2D eigenvalue weighted by Crippen LogP contribution is -2.43. The Morgan fingerprint density at radius 1 is 1.00 bits per heavy atom. The third-order valence-electron chi connectivity index (χ3n) is 3.55. The van der Waals surface area contributed by atoms with Crippen molar-refractivity contribution in [3.63, 3.8) is 0 Å².